The SMILES string of the molecule is CC(CO)Nc1cccc(Br)c1C(=O)O. The molecule has 0 heterocycles. The van der Waals surface area contributed by atoms with Crippen molar-refractivity contribution in [3.05, 3.63) is 28.2 Å². The Morgan fingerprint density at radius 2 is 2.27 bits per heavy atom. The van der Waals surface area contributed by atoms with E-state index >= 15 is 0 Å². The van der Waals surface area contributed by atoms with E-state index in [0.717, 1.165) is 0 Å². The lowest BCUT2D eigenvalue weighted by molar-refractivity contribution is 0.0697. The second-order valence-corrected chi connectivity index (χ2v) is 4.05. The molecule has 1 aromatic rings. The van der Waals surface area contributed by atoms with Crippen LogP contribution in [0.4, 0.5) is 5.69 Å². The van der Waals surface area contributed by atoms with Crippen LogP contribution in [0.5, 0.6) is 0 Å². The van der Waals surface area contributed by atoms with Crippen molar-refractivity contribution in [3.63, 3.8) is 0 Å². The zero-order valence-electron chi connectivity index (χ0n) is 8.20. The molecule has 5 heteroatoms. The van der Waals surface area contributed by atoms with Gasteiger partial charge in [0.2, 0.25) is 0 Å². The Morgan fingerprint density at radius 1 is 1.60 bits per heavy atom. The molecule has 1 atom stereocenters. The molecule has 1 aromatic carbocycles. The number of rotatable bonds is 4. The van der Waals surface area contributed by atoms with Crippen molar-refractivity contribution in [3.8, 4) is 0 Å². The van der Waals surface area contributed by atoms with E-state index in [1.807, 2.05) is 0 Å². The zero-order valence-corrected chi connectivity index (χ0v) is 9.78. The second kappa shape index (κ2) is 5.14. The summed E-state index contributed by atoms with van der Waals surface area (Å²) in [5.41, 5.74) is 0.677. The van der Waals surface area contributed by atoms with Crippen LogP contribution in [-0.2, 0) is 0 Å². The summed E-state index contributed by atoms with van der Waals surface area (Å²) in [6.07, 6.45) is 0. The van der Waals surface area contributed by atoms with Crippen LogP contribution in [0.3, 0.4) is 0 Å². The van der Waals surface area contributed by atoms with Gasteiger partial charge in [0.05, 0.1) is 17.9 Å². The van der Waals surface area contributed by atoms with E-state index in [4.69, 9.17) is 10.2 Å². The normalized spacial score (nSPS) is 12.2. The first kappa shape index (κ1) is 12.0. The predicted molar refractivity (Wildman–Crippen MR) is 61.3 cm³/mol. The summed E-state index contributed by atoms with van der Waals surface area (Å²) in [5.74, 6) is -1.00. The first-order valence-corrected chi connectivity index (χ1v) is 5.24. The quantitative estimate of drug-likeness (QED) is 0.784. The van der Waals surface area contributed by atoms with Gasteiger partial charge in [0.15, 0.2) is 0 Å². The van der Waals surface area contributed by atoms with Crippen LogP contribution in [0.1, 0.15) is 17.3 Å². The number of hydrogen-bond acceptors (Lipinski definition) is 3. The molecule has 0 spiro atoms. The minimum absolute atomic E-state index is 0.0500. The van der Waals surface area contributed by atoms with Gasteiger partial charge in [-0.3, -0.25) is 0 Å². The molecule has 4 nitrogen and oxygen atoms in total. The molecule has 0 aromatic heterocycles. The molecule has 1 unspecified atom stereocenters. The van der Waals surface area contributed by atoms with Crippen LogP contribution in [0.25, 0.3) is 0 Å². The third-order valence-electron chi connectivity index (χ3n) is 1.90. The van der Waals surface area contributed by atoms with E-state index in [2.05, 4.69) is 21.2 Å². The van der Waals surface area contributed by atoms with Gasteiger partial charge in [0.25, 0.3) is 0 Å². The minimum atomic E-state index is -1.00. The number of halogens is 1. The molecule has 0 saturated carbocycles. The maximum Gasteiger partial charge on any atom is 0.338 e. The van der Waals surface area contributed by atoms with Crippen molar-refractivity contribution in [1.82, 2.24) is 0 Å². The van der Waals surface area contributed by atoms with Gasteiger partial charge in [-0.2, -0.15) is 0 Å². The van der Waals surface area contributed by atoms with Crippen molar-refractivity contribution in [2.45, 2.75) is 13.0 Å². The molecule has 0 saturated heterocycles. The van der Waals surface area contributed by atoms with Gasteiger partial charge >= 0.3 is 5.97 Å². The summed E-state index contributed by atoms with van der Waals surface area (Å²) >= 11 is 3.18. The smallest absolute Gasteiger partial charge is 0.338 e. The number of aliphatic hydroxyl groups excluding tert-OH is 1. The Balaban J connectivity index is 3.06. The predicted octanol–water partition coefficient (Wildman–Crippen LogP) is 1.94. The average molecular weight is 274 g/mol. The zero-order chi connectivity index (χ0) is 11.4. The molecule has 0 radical (unpaired) electrons. The fraction of sp³-hybridized carbons (Fsp3) is 0.300. The number of carboxylic acids is 1. The van der Waals surface area contributed by atoms with Crippen molar-refractivity contribution in [2.24, 2.45) is 0 Å². The van der Waals surface area contributed by atoms with Crippen LogP contribution < -0.4 is 5.32 Å². The Kier molecular flexibility index (Phi) is 4.11. The van der Waals surface area contributed by atoms with E-state index in [1.165, 1.54) is 0 Å². The van der Waals surface area contributed by atoms with Crippen LogP contribution >= 0.6 is 15.9 Å². The Hall–Kier alpha value is -1.07. The lowest BCUT2D eigenvalue weighted by Crippen LogP contribution is -2.21. The fourth-order valence-corrected chi connectivity index (χ4v) is 1.71. The maximum atomic E-state index is 11.0. The average Bonchev–Trinajstić information content (AvgIpc) is 2.17. The van der Waals surface area contributed by atoms with Gasteiger partial charge in [-0.05, 0) is 35.0 Å². The number of aliphatic hydroxyl groups is 1. The highest BCUT2D eigenvalue weighted by Gasteiger charge is 2.14. The summed E-state index contributed by atoms with van der Waals surface area (Å²) in [7, 11) is 0. The van der Waals surface area contributed by atoms with Gasteiger partial charge in [-0.15, -0.1) is 0 Å². The van der Waals surface area contributed by atoms with Crippen molar-refractivity contribution in [1.29, 1.82) is 0 Å². The number of hydrogen-bond donors (Lipinski definition) is 3. The highest BCUT2D eigenvalue weighted by molar-refractivity contribution is 9.10. The number of anilines is 1. The van der Waals surface area contributed by atoms with E-state index in [1.54, 1.807) is 25.1 Å². The molecule has 15 heavy (non-hydrogen) atoms. The second-order valence-electron chi connectivity index (χ2n) is 3.20. The molecule has 0 aliphatic rings. The largest absolute Gasteiger partial charge is 0.478 e. The lowest BCUT2D eigenvalue weighted by atomic mass is 10.1. The standard InChI is InChI=1S/C10H12BrNO3/c1-6(5-13)12-8-4-2-3-7(11)9(8)10(14)15/h2-4,6,12-13H,5H2,1H3,(H,14,15). The van der Waals surface area contributed by atoms with Gasteiger partial charge in [0, 0.05) is 10.5 Å². The van der Waals surface area contributed by atoms with Crippen LogP contribution in [0.2, 0.25) is 0 Å². The van der Waals surface area contributed by atoms with Gasteiger partial charge in [0.1, 0.15) is 0 Å². The Bertz CT molecular complexity index is 368. The fourth-order valence-electron chi connectivity index (χ4n) is 1.17. The van der Waals surface area contributed by atoms with Gasteiger partial charge in [-0.25, -0.2) is 4.79 Å². The molecule has 0 aliphatic heterocycles. The van der Waals surface area contributed by atoms with Crippen molar-refractivity contribution >= 4 is 27.6 Å². The summed E-state index contributed by atoms with van der Waals surface area (Å²) < 4.78 is 0.519. The molecule has 82 valence electrons. The molecular formula is C10H12BrNO3. The topological polar surface area (TPSA) is 69.6 Å². The molecule has 0 bridgehead atoms. The third-order valence-corrected chi connectivity index (χ3v) is 2.56. The summed E-state index contributed by atoms with van der Waals surface area (Å²) in [5, 5.41) is 20.8. The Labute approximate surface area is 96.1 Å². The maximum absolute atomic E-state index is 11.0. The molecule has 0 amide bonds. The van der Waals surface area contributed by atoms with Crippen LogP contribution in [-0.4, -0.2) is 28.8 Å². The van der Waals surface area contributed by atoms with Gasteiger partial charge < -0.3 is 15.5 Å². The first-order valence-electron chi connectivity index (χ1n) is 4.45. The molecular weight excluding hydrogens is 262 g/mol. The summed E-state index contributed by atoms with van der Waals surface area (Å²) in [6.45, 7) is 1.72. The van der Waals surface area contributed by atoms with Gasteiger partial charge in [-0.1, -0.05) is 6.07 Å². The first-order chi connectivity index (χ1) is 7.06. The third kappa shape index (κ3) is 2.94. The Morgan fingerprint density at radius 3 is 2.80 bits per heavy atom. The number of carbonyl (C=O) groups is 1. The number of nitrogens with one attached hydrogen (secondary N) is 1. The summed E-state index contributed by atoms with van der Waals surface area (Å²) in [6, 6.07) is 4.89. The summed E-state index contributed by atoms with van der Waals surface area (Å²) in [4.78, 5) is 11.0. The highest BCUT2D eigenvalue weighted by atomic mass is 79.9. The van der Waals surface area contributed by atoms with Crippen LogP contribution in [0, 0.1) is 0 Å². The number of benzene rings is 1. The molecule has 0 aliphatic carbocycles. The van der Waals surface area contributed by atoms with Crippen molar-refractivity contribution < 1.29 is 15.0 Å². The lowest BCUT2D eigenvalue weighted by Gasteiger charge is -2.15. The highest BCUT2D eigenvalue weighted by Crippen LogP contribution is 2.25. The van der Waals surface area contributed by atoms with Crippen LogP contribution in [0.15, 0.2) is 22.7 Å². The monoisotopic (exact) mass is 273 g/mol. The number of aromatic carboxylic acids is 1. The van der Waals surface area contributed by atoms with E-state index in [0.29, 0.717) is 10.2 Å². The molecule has 3 N–H and O–H groups in total. The molecule has 0 fully saturated rings. The van der Waals surface area contributed by atoms with Crippen molar-refractivity contribution in [2.75, 3.05) is 11.9 Å². The number of carboxylic acid groups (broad SMARTS) is 1. The van der Waals surface area contributed by atoms with E-state index < -0.39 is 5.97 Å². The van der Waals surface area contributed by atoms with E-state index in [-0.39, 0.29) is 18.2 Å². The molecule has 1 rings (SSSR count). The van der Waals surface area contributed by atoms with E-state index in [9.17, 15) is 4.79 Å². The minimum Gasteiger partial charge on any atom is -0.478 e.